The number of para-hydroxylation sites is 1. The van der Waals surface area contributed by atoms with E-state index in [1.54, 1.807) is 0 Å². The van der Waals surface area contributed by atoms with E-state index in [4.69, 9.17) is 4.74 Å². The van der Waals surface area contributed by atoms with Crippen molar-refractivity contribution >= 4 is 0 Å². The van der Waals surface area contributed by atoms with Crippen LogP contribution in [0, 0.1) is 5.92 Å². The Morgan fingerprint density at radius 2 is 2.12 bits per heavy atom. The van der Waals surface area contributed by atoms with E-state index in [1.165, 1.54) is 0 Å². The molecule has 0 bridgehead atoms. The molecule has 1 aliphatic rings. The van der Waals surface area contributed by atoms with Crippen LogP contribution in [0.25, 0.3) is 0 Å². The van der Waals surface area contributed by atoms with E-state index >= 15 is 0 Å². The minimum atomic E-state index is -0.623. The van der Waals surface area contributed by atoms with Crippen LogP contribution in [-0.4, -0.2) is 11.7 Å². The molecule has 2 rings (SSSR count). The first-order valence-corrected chi connectivity index (χ1v) is 6.17. The summed E-state index contributed by atoms with van der Waals surface area (Å²) in [7, 11) is 0. The second-order valence-electron chi connectivity index (χ2n) is 4.54. The maximum absolute atomic E-state index is 10.5. The van der Waals surface area contributed by atoms with E-state index in [0.717, 1.165) is 30.6 Å². The van der Waals surface area contributed by atoms with Crippen molar-refractivity contribution in [3.8, 4) is 5.75 Å². The number of benzene rings is 1. The van der Waals surface area contributed by atoms with Crippen LogP contribution in [0.3, 0.4) is 0 Å². The lowest BCUT2D eigenvalue weighted by atomic mass is 10.0. The largest absolute Gasteiger partial charge is 0.493 e. The van der Waals surface area contributed by atoms with Gasteiger partial charge in [0.05, 0.1) is 12.2 Å². The molecule has 1 fully saturated rings. The predicted molar refractivity (Wildman–Crippen MR) is 64.5 cm³/mol. The highest BCUT2D eigenvalue weighted by molar-refractivity contribution is 5.42. The van der Waals surface area contributed by atoms with Crippen LogP contribution < -0.4 is 4.74 Å². The van der Waals surface area contributed by atoms with Crippen LogP contribution in [-0.2, 0) is 5.60 Å². The van der Waals surface area contributed by atoms with Gasteiger partial charge in [-0.25, -0.2) is 0 Å². The highest BCUT2D eigenvalue weighted by Gasteiger charge is 2.54. The van der Waals surface area contributed by atoms with Gasteiger partial charge in [-0.3, -0.25) is 0 Å². The highest BCUT2D eigenvalue weighted by Crippen LogP contribution is 2.56. The SMILES string of the molecule is CCCC1CC1(O)c1ccccc1OCC. The zero-order valence-electron chi connectivity index (χ0n) is 10.1. The normalized spacial score (nSPS) is 27.8. The van der Waals surface area contributed by atoms with Gasteiger partial charge in [0.15, 0.2) is 0 Å². The Kier molecular flexibility index (Phi) is 3.20. The van der Waals surface area contributed by atoms with Gasteiger partial charge in [-0.15, -0.1) is 0 Å². The predicted octanol–water partition coefficient (Wildman–Crippen LogP) is 3.09. The summed E-state index contributed by atoms with van der Waals surface area (Å²) >= 11 is 0. The van der Waals surface area contributed by atoms with Crippen molar-refractivity contribution in [3.05, 3.63) is 29.8 Å². The highest BCUT2D eigenvalue weighted by atomic mass is 16.5. The van der Waals surface area contributed by atoms with Crippen LogP contribution in [0.5, 0.6) is 5.75 Å². The molecule has 2 heteroatoms. The summed E-state index contributed by atoms with van der Waals surface area (Å²) in [5.74, 6) is 1.25. The van der Waals surface area contributed by atoms with Crippen molar-refractivity contribution in [1.29, 1.82) is 0 Å². The Labute approximate surface area is 97.3 Å². The summed E-state index contributed by atoms with van der Waals surface area (Å²) in [6.07, 6.45) is 3.10. The summed E-state index contributed by atoms with van der Waals surface area (Å²) in [6.45, 7) is 4.77. The maximum atomic E-state index is 10.5. The molecule has 0 aliphatic heterocycles. The fraction of sp³-hybridized carbons (Fsp3) is 0.571. The summed E-state index contributed by atoms with van der Waals surface area (Å²) in [5.41, 5.74) is 0.345. The second-order valence-corrected chi connectivity index (χ2v) is 4.54. The first-order valence-electron chi connectivity index (χ1n) is 6.17. The molecule has 2 atom stereocenters. The van der Waals surface area contributed by atoms with Crippen molar-refractivity contribution in [1.82, 2.24) is 0 Å². The van der Waals surface area contributed by atoms with Gasteiger partial charge in [-0.2, -0.15) is 0 Å². The first-order chi connectivity index (χ1) is 7.72. The molecule has 0 saturated heterocycles. The van der Waals surface area contributed by atoms with Gasteiger partial charge in [-0.1, -0.05) is 31.5 Å². The molecule has 1 aromatic rings. The van der Waals surface area contributed by atoms with Gasteiger partial charge in [0.25, 0.3) is 0 Å². The van der Waals surface area contributed by atoms with Gasteiger partial charge in [-0.05, 0) is 31.7 Å². The minimum Gasteiger partial charge on any atom is -0.493 e. The van der Waals surface area contributed by atoms with Crippen LogP contribution in [0.4, 0.5) is 0 Å². The third-order valence-electron chi connectivity index (χ3n) is 3.36. The average Bonchev–Trinajstić information content (AvgIpc) is 2.92. The zero-order valence-corrected chi connectivity index (χ0v) is 10.1. The molecule has 16 heavy (non-hydrogen) atoms. The summed E-state index contributed by atoms with van der Waals surface area (Å²) in [4.78, 5) is 0. The van der Waals surface area contributed by atoms with E-state index in [0.29, 0.717) is 12.5 Å². The zero-order chi connectivity index (χ0) is 11.6. The molecule has 1 aromatic carbocycles. The Bertz CT molecular complexity index is 362. The Morgan fingerprint density at radius 3 is 2.81 bits per heavy atom. The molecule has 0 heterocycles. The molecule has 1 saturated carbocycles. The van der Waals surface area contributed by atoms with E-state index in [1.807, 2.05) is 31.2 Å². The third kappa shape index (κ3) is 1.94. The van der Waals surface area contributed by atoms with Crippen molar-refractivity contribution in [2.75, 3.05) is 6.61 Å². The van der Waals surface area contributed by atoms with Crippen LogP contribution in [0.1, 0.15) is 38.7 Å². The summed E-state index contributed by atoms with van der Waals surface area (Å²) in [5, 5.41) is 10.5. The van der Waals surface area contributed by atoms with Gasteiger partial charge < -0.3 is 9.84 Å². The lowest BCUT2D eigenvalue weighted by Gasteiger charge is -2.15. The Hall–Kier alpha value is -1.02. The van der Waals surface area contributed by atoms with Gasteiger partial charge in [0, 0.05) is 5.56 Å². The van der Waals surface area contributed by atoms with Crippen molar-refractivity contribution < 1.29 is 9.84 Å². The van der Waals surface area contributed by atoms with E-state index in [2.05, 4.69) is 6.92 Å². The summed E-state index contributed by atoms with van der Waals surface area (Å²) < 4.78 is 5.57. The molecular weight excluding hydrogens is 200 g/mol. The van der Waals surface area contributed by atoms with Gasteiger partial charge >= 0.3 is 0 Å². The molecule has 88 valence electrons. The minimum absolute atomic E-state index is 0.416. The van der Waals surface area contributed by atoms with Crippen molar-refractivity contribution in [2.24, 2.45) is 5.92 Å². The number of hydrogen-bond donors (Lipinski definition) is 1. The number of rotatable bonds is 5. The molecule has 0 spiro atoms. The Balaban J connectivity index is 2.21. The van der Waals surface area contributed by atoms with Crippen LogP contribution >= 0.6 is 0 Å². The van der Waals surface area contributed by atoms with Crippen molar-refractivity contribution in [3.63, 3.8) is 0 Å². The average molecular weight is 220 g/mol. The fourth-order valence-corrected chi connectivity index (χ4v) is 2.44. The molecule has 1 aliphatic carbocycles. The summed E-state index contributed by atoms with van der Waals surface area (Å²) in [6, 6.07) is 7.85. The Morgan fingerprint density at radius 1 is 1.38 bits per heavy atom. The third-order valence-corrected chi connectivity index (χ3v) is 3.36. The lowest BCUT2D eigenvalue weighted by Crippen LogP contribution is -2.11. The topological polar surface area (TPSA) is 29.5 Å². The molecule has 0 radical (unpaired) electrons. The second kappa shape index (κ2) is 4.46. The van der Waals surface area contributed by atoms with E-state index in [-0.39, 0.29) is 0 Å². The van der Waals surface area contributed by atoms with Crippen molar-refractivity contribution in [2.45, 2.75) is 38.7 Å². The maximum Gasteiger partial charge on any atom is 0.125 e. The van der Waals surface area contributed by atoms with Crippen LogP contribution in [0.2, 0.25) is 0 Å². The molecule has 1 N–H and O–H groups in total. The number of hydrogen-bond acceptors (Lipinski definition) is 2. The molecule has 2 nitrogen and oxygen atoms in total. The molecular formula is C14H20O2. The lowest BCUT2D eigenvalue weighted by molar-refractivity contribution is 0.124. The smallest absolute Gasteiger partial charge is 0.125 e. The van der Waals surface area contributed by atoms with Gasteiger partial charge in [0.1, 0.15) is 5.75 Å². The first kappa shape index (κ1) is 11.5. The molecule has 2 unspecified atom stereocenters. The molecule has 0 amide bonds. The number of ether oxygens (including phenoxy) is 1. The monoisotopic (exact) mass is 220 g/mol. The molecule has 0 aromatic heterocycles. The number of aliphatic hydroxyl groups is 1. The van der Waals surface area contributed by atoms with Crippen LogP contribution in [0.15, 0.2) is 24.3 Å². The standard InChI is InChI=1S/C14H20O2/c1-3-7-11-10-14(11,15)12-8-5-6-9-13(12)16-4-2/h5-6,8-9,11,15H,3-4,7,10H2,1-2H3. The van der Waals surface area contributed by atoms with Gasteiger partial charge in [0.2, 0.25) is 0 Å². The quantitative estimate of drug-likeness (QED) is 0.826. The van der Waals surface area contributed by atoms with E-state index < -0.39 is 5.60 Å². The van der Waals surface area contributed by atoms with E-state index in [9.17, 15) is 5.11 Å². The fourth-order valence-electron chi connectivity index (χ4n) is 2.44.